The van der Waals surface area contributed by atoms with Gasteiger partial charge in [0.15, 0.2) is 0 Å². The Morgan fingerprint density at radius 2 is 2.00 bits per heavy atom. The number of rotatable bonds is 7. The van der Waals surface area contributed by atoms with Crippen LogP contribution in [0.25, 0.3) is 0 Å². The molecule has 19 heavy (non-hydrogen) atoms. The molecule has 1 aliphatic heterocycles. The molecule has 1 aromatic carbocycles. The lowest BCUT2D eigenvalue weighted by atomic mass is 9.89. The molecule has 1 saturated heterocycles. The van der Waals surface area contributed by atoms with Crippen LogP contribution in [0.2, 0.25) is 0 Å². The molecule has 0 amide bonds. The van der Waals surface area contributed by atoms with Gasteiger partial charge in [-0.25, -0.2) is 0 Å². The molecule has 0 aliphatic carbocycles. The first kappa shape index (κ1) is 14.4. The van der Waals surface area contributed by atoms with Crippen LogP contribution in [-0.4, -0.2) is 19.3 Å². The SMILES string of the molecule is CCc1ccc(OC)c(C(CC)CC2OC2CC)c1. The summed E-state index contributed by atoms with van der Waals surface area (Å²) in [5.74, 6) is 1.57. The van der Waals surface area contributed by atoms with Gasteiger partial charge in [-0.2, -0.15) is 0 Å². The van der Waals surface area contributed by atoms with Crippen LogP contribution < -0.4 is 4.74 Å². The summed E-state index contributed by atoms with van der Waals surface area (Å²) >= 11 is 0. The number of ether oxygens (including phenoxy) is 2. The molecule has 2 nitrogen and oxygen atoms in total. The Labute approximate surface area is 117 Å². The highest BCUT2D eigenvalue weighted by atomic mass is 16.6. The van der Waals surface area contributed by atoms with Gasteiger partial charge >= 0.3 is 0 Å². The second kappa shape index (κ2) is 6.42. The van der Waals surface area contributed by atoms with Crippen molar-refractivity contribution in [3.05, 3.63) is 29.3 Å². The van der Waals surface area contributed by atoms with Gasteiger partial charge in [-0.15, -0.1) is 0 Å². The van der Waals surface area contributed by atoms with E-state index in [-0.39, 0.29) is 0 Å². The van der Waals surface area contributed by atoms with Crippen molar-refractivity contribution in [1.29, 1.82) is 0 Å². The number of hydrogen-bond donors (Lipinski definition) is 0. The van der Waals surface area contributed by atoms with Gasteiger partial charge in [-0.3, -0.25) is 0 Å². The molecule has 0 bridgehead atoms. The van der Waals surface area contributed by atoms with Crippen LogP contribution in [0.3, 0.4) is 0 Å². The summed E-state index contributed by atoms with van der Waals surface area (Å²) in [4.78, 5) is 0. The molecule has 0 spiro atoms. The molecule has 1 aliphatic rings. The first-order chi connectivity index (χ1) is 9.23. The van der Waals surface area contributed by atoms with Gasteiger partial charge in [0.25, 0.3) is 0 Å². The highest BCUT2D eigenvalue weighted by Gasteiger charge is 2.38. The standard InChI is InChI=1S/C17H26O2/c1-5-12-8-9-16(18-4)14(10-12)13(6-2)11-17-15(7-3)19-17/h8-10,13,15,17H,5-7,11H2,1-4H3. The maximum atomic E-state index is 5.71. The first-order valence-corrected chi connectivity index (χ1v) is 7.55. The minimum absolute atomic E-state index is 0.463. The minimum atomic E-state index is 0.463. The average Bonchev–Trinajstić information content (AvgIpc) is 3.22. The van der Waals surface area contributed by atoms with Gasteiger partial charge in [-0.05, 0) is 48.8 Å². The molecule has 0 N–H and O–H groups in total. The van der Waals surface area contributed by atoms with Crippen LogP contribution >= 0.6 is 0 Å². The van der Waals surface area contributed by atoms with Gasteiger partial charge in [-0.1, -0.05) is 32.9 Å². The predicted molar refractivity (Wildman–Crippen MR) is 79.0 cm³/mol. The van der Waals surface area contributed by atoms with Crippen LogP contribution in [0.5, 0.6) is 5.75 Å². The molecular weight excluding hydrogens is 236 g/mol. The number of hydrogen-bond acceptors (Lipinski definition) is 2. The molecule has 3 unspecified atom stereocenters. The molecule has 0 radical (unpaired) electrons. The maximum absolute atomic E-state index is 5.71. The fourth-order valence-electron chi connectivity index (χ4n) is 2.86. The van der Waals surface area contributed by atoms with Crippen molar-refractivity contribution in [2.75, 3.05) is 7.11 Å². The molecule has 2 heteroatoms. The predicted octanol–water partition coefficient (Wildman–Crippen LogP) is 4.32. The summed E-state index contributed by atoms with van der Waals surface area (Å²) in [7, 11) is 1.76. The highest BCUT2D eigenvalue weighted by Crippen LogP contribution is 2.39. The van der Waals surface area contributed by atoms with Crippen molar-refractivity contribution in [1.82, 2.24) is 0 Å². The Morgan fingerprint density at radius 1 is 1.21 bits per heavy atom. The normalized spacial score (nSPS) is 23.2. The topological polar surface area (TPSA) is 21.8 Å². The lowest BCUT2D eigenvalue weighted by Crippen LogP contribution is -2.06. The molecule has 0 saturated carbocycles. The highest BCUT2D eigenvalue weighted by molar-refractivity contribution is 5.40. The van der Waals surface area contributed by atoms with Crippen LogP contribution in [-0.2, 0) is 11.2 Å². The maximum Gasteiger partial charge on any atom is 0.122 e. The molecule has 1 aromatic rings. The van der Waals surface area contributed by atoms with E-state index in [1.807, 2.05) is 0 Å². The van der Waals surface area contributed by atoms with Crippen molar-refractivity contribution in [2.24, 2.45) is 0 Å². The van der Waals surface area contributed by atoms with E-state index in [9.17, 15) is 0 Å². The summed E-state index contributed by atoms with van der Waals surface area (Å²) in [5.41, 5.74) is 2.74. The van der Waals surface area contributed by atoms with E-state index in [1.54, 1.807) is 7.11 Å². The second-order valence-electron chi connectivity index (χ2n) is 5.39. The lowest BCUT2D eigenvalue weighted by Gasteiger charge is -2.18. The third-order valence-corrected chi connectivity index (χ3v) is 4.24. The Bertz CT molecular complexity index is 414. The largest absolute Gasteiger partial charge is 0.496 e. The van der Waals surface area contributed by atoms with Crippen molar-refractivity contribution in [2.45, 2.75) is 64.6 Å². The first-order valence-electron chi connectivity index (χ1n) is 7.55. The second-order valence-corrected chi connectivity index (χ2v) is 5.39. The molecule has 1 heterocycles. The van der Waals surface area contributed by atoms with Gasteiger partial charge in [0.2, 0.25) is 0 Å². The van der Waals surface area contributed by atoms with E-state index in [2.05, 4.69) is 39.0 Å². The van der Waals surface area contributed by atoms with Crippen LogP contribution in [0.4, 0.5) is 0 Å². The van der Waals surface area contributed by atoms with Crippen molar-refractivity contribution in [3.63, 3.8) is 0 Å². The Kier molecular flexibility index (Phi) is 4.87. The summed E-state index contributed by atoms with van der Waals surface area (Å²) in [6.45, 7) is 6.65. The number of methoxy groups -OCH3 is 1. The van der Waals surface area contributed by atoms with E-state index >= 15 is 0 Å². The van der Waals surface area contributed by atoms with Crippen molar-refractivity contribution in [3.8, 4) is 5.75 Å². The third-order valence-electron chi connectivity index (χ3n) is 4.24. The van der Waals surface area contributed by atoms with Gasteiger partial charge in [0, 0.05) is 0 Å². The summed E-state index contributed by atoms with van der Waals surface area (Å²) in [5, 5.41) is 0. The van der Waals surface area contributed by atoms with E-state index < -0.39 is 0 Å². The van der Waals surface area contributed by atoms with Gasteiger partial charge in [0.05, 0.1) is 19.3 Å². The zero-order valence-corrected chi connectivity index (χ0v) is 12.6. The monoisotopic (exact) mass is 262 g/mol. The van der Waals surface area contributed by atoms with Crippen LogP contribution in [0.15, 0.2) is 18.2 Å². The summed E-state index contributed by atoms with van der Waals surface area (Å²) < 4.78 is 11.3. The van der Waals surface area contributed by atoms with Gasteiger partial charge in [0.1, 0.15) is 5.75 Å². The average molecular weight is 262 g/mol. The Hall–Kier alpha value is -1.02. The lowest BCUT2D eigenvalue weighted by molar-refractivity contribution is 0.345. The fourth-order valence-corrected chi connectivity index (χ4v) is 2.86. The van der Waals surface area contributed by atoms with E-state index in [1.165, 1.54) is 11.1 Å². The van der Waals surface area contributed by atoms with E-state index in [4.69, 9.17) is 9.47 Å². The number of benzene rings is 1. The van der Waals surface area contributed by atoms with Crippen molar-refractivity contribution >= 4 is 0 Å². The minimum Gasteiger partial charge on any atom is -0.496 e. The zero-order chi connectivity index (χ0) is 13.8. The third kappa shape index (κ3) is 3.30. The zero-order valence-electron chi connectivity index (χ0n) is 12.6. The summed E-state index contributed by atoms with van der Waals surface area (Å²) in [6.07, 6.45) is 5.43. The van der Waals surface area contributed by atoms with Crippen molar-refractivity contribution < 1.29 is 9.47 Å². The number of epoxide rings is 1. The van der Waals surface area contributed by atoms with Gasteiger partial charge < -0.3 is 9.47 Å². The Balaban J connectivity index is 2.16. The molecular formula is C17H26O2. The van der Waals surface area contributed by atoms with E-state index in [0.29, 0.717) is 18.1 Å². The quantitative estimate of drug-likeness (QED) is 0.683. The van der Waals surface area contributed by atoms with Crippen LogP contribution in [0, 0.1) is 0 Å². The number of aryl methyl sites for hydroxylation is 1. The molecule has 106 valence electrons. The molecule has 2 rings (SSSR count). The van der Waals surface area contributed by atoms with E-state index in [0.717, 1.165) is 31.4 Å². The smallest absolute Gasteiger partial charge is 0.122 e. The molecule has 1 fully saturated rings. The molecule has 3 atom stereocenters. The fraction of sp³-hybridized carbons (Fsp3) is 0.647. The summed E-state index contributed by atoms with van der Waals surface area (Å²) in [6, 6.07) is 6.59. The molecule has 0 aromatic heterocycles. The Morgan fingerprint density at radius 3 is 2.53 bits per heavy atom. The van der Waals surface area contributed by atoms with Crippen LogP contribution in [0.1, 0.15) is 57.1 Å².